The lowest BCUT2D eigenvalue weighted by Gasteiger charge is -2.10. The van der Waals surface area contributed by atoms with Gasteiger partial charge in [0.1, 0.15) is 0 Å². The topological polar surface area (TPSA) is 55.4 Å². The molecule has 0 unspecified atom stereocenters. The molecule has 0 radical (unpaired) electrons. The minimum absolute atomic E-state index is 0.164. The molecule has 1 N–H and O–H groups in total. The van der Waals surface area contributed by atoms with Crippen LogP contribution < -0.4 is 5.32 Å². The summed E-state index contributed by atoms with van der Waals surface area (Å²) in [6.07, 6.45) is 0.818. The van der Waals surface area contributed by atoms with Gasteiger partial charge in [-0.05, 0) is 41.0 Å². The van der Waals surface area contributed by atoms with Gasteiger partial charge in [0.25, 0.3) is 5.91 Å². The number of aryl methyl sites for hydroxylation is 1. The number of ether oxygens (including phenoxy) is 1. The number of nitrogens with one attached hydrogen (secondary N) is 1. The molecule has 5 heteroatoms. The van der Waals surface area contributed by atoms with E-state index >= 15 is 0 Å². The predicted octanol–water partition coefficient (Wildman–Crippen LogP) is 4.68. The Hall–Kier alpha value is -2.79. The van der Waals surface area contributed by atoms with Gasteiger partial charge in [-0.2, -0.15) is 0 Å². The van der Waals surface area contributed by atoms with Crippen molar-refractivity contribution < 1.29 is 14.3 Å². The molecular weight excluding hydrogens is 358 g/mol. The van der Waals surface area contributed by atoms with Crippen LogP contribution in [0, 0.1) is 0 Å². The van der Waals surface area contributed by atoms with Gasteiger partial charge >= 0.3 is 5.97 Å². The molecule has 3 aromatic rings. The smallest absolute Gasteiger partial charge is 0.316 e. The third-order valence-electron chi connectivity index (χ3n) is 4.11. The first-order valence-electron chi connectivity index (χ1n) is 8.80. The van der Waals surface area contributed by atoms with Crippen molar-refractivity contribution in [2.45, 2.75) is 18.2 Å². The van der Waals surface area contributed by atoms with E-state index in [1.165, 1.54) is 11.8 Å². The number of hydrogen-bond acceptors (Lipinski definition) is 4. The summed E-state index contributed by atoms with van der Waals surface area (Å²) in [5.41, 5.74) is 1.80. The highest BCUT2D eigenvalue weighted by molar-refractivity contribution is 8.00. The zero-order valence-electron chi connectivity index (χ0n) is 15.1. The number of rotatable bonds is 7. The van der Waals surface area contributed by atoms with Gasteiger partial charge in [-0.25, -0.2) is 0 Å². The molecular formula is C22H21NO3S. The van der Waals surface area contributed by atoms with Crippen molar-refractivity contribution in [1.29, 1.82) is 0 Å². The van der Waals surface area contributed by atoms with E-state index in [-0.39, 0.29) is 18.3 Å². The first-order valence-corrected chi connectivity index (χ1v) is 9.79. The summed E-state index contributed by atoms with van der Waals surface area (Å²) >= 11 is 1.40. The average Bonchev–Trinajstić information content (AvgIpc) is 2.71. The van der Waals surface area contributed by atoms with Crippen LogP contribution >= 0.6 is 11.8 Å². The van der Waals surface area contributed by atoms with Crippen LogP contribution in [0.3, 0.4) is 0 Å². The lowest BCUT2D eigenvalue weighted by molar-refractivity contribution is -0.144. The summed E-state index contributed by atoms with van der Waals surface area (Å²) in [6, 6.07) is 21.7. The van der Waals surface area contributed by atoms with E-state index in [2.05, 4.69) is 5.32 Å². The van der Waals surface area contributed by atoms with Gasteiger partial charge in [0.2, 0.25) is 0 Å². The monoisotopic (exact) mass is 379 g/mol. The van der Waals surface area contributed by atoms with Crippen LogP contribution in [0.25, 0.3) is 10.8 Å². The van der Waals surface area contributed by atoms with Crippen molar-refractivity contribution in [3.05, 3.63) is 72.3 Å². The summed E-state index contributed by atoms with van der Waals surface area (Å²) in [7, 11) is 0. The Morgan fingerprint density at radius 2 is 1.70 bits per heavy atom. The number of hydrogen-bond donors (Lipinski definition) is 1. The first-order chi connectivity index (χ1) is 13.2. The van der Waals surface area contributed by atoms with Crippen LogP contribution in [-0.4, -0.2) is 24.2 Å². The third kappa shape index (κ3) is 5.34. The Labute approximate surface area is 162 Å². The molecule has 0 saturated carbocycles. The van der Waals surface area contributed by atoms with Crippen molar-refractivity contribution in [2.24, 2.45) is 0 Å². The van der Waals surface area contributed by atoms with Gasteiger partial charge in [0.15, 0.2) is 6.61 Å². The molecule has 0 bridgehead atoms. The molecule has 3 aromatic carbocycles. The molecule has 0 heterocycles. The van der Waals surface area contributed by atoms with Crippen molar-refractivity contribution >= 4 is 40.1 Å². The Morgan fingerprint density at radius 3 is 2.52 bits per heavy atom. The number of carbonyl (C=O) groups is 2. The second kappa shape index (κ2) is 9.24. The van der Waals surface area contributed by atoms with Crippen molar-refractivity contribution in [3.63, 3.8) is 0 Å². The van der Waals surface area contributed by atoms with Crippen LogP contribution in [-0.2, 0) is 20.7 Å². The van der Waals surface area contributed by atoms with Gasteiger partial charge in [-0.15, -0.1) is 11.8 Å². The van der Waals surface area contributed by atoms with Crippen molar-refractivity contribution in [2.75, 3.05) is 17.7 Å². The minimum atomic E-state index is -0.410. The summed E-state index contributed by atoms with van der Waals surface area (Å²) in [6.45, 7) is 1.74. The van der Waals surface area contributed by atoms with Gasteiger partial charge < -0.3 is 10.1 Å². The molecule has 0 fully saturated rings. The van der Waals surface area contributed by atoms with Crippen LogP contribution in [0.4, 0.5) is 5.69 Å². The summed E-state index contributed by atoms with van der Waals surface area (Å²) in [5.74, 6) is -0.580. The molecule has 0 aromatic heterocycles. The number of anilines is 1. The van der Waals surface area contributed by atoms with Crippen molar-refractivity contribution in [3.8, 4) is 0 Å². The van der Waals surface area contributed by atoms with Gasteiger partial charge in [0, 0.05) is 10.6 Å². The maximum atomic E-state index is 12.0. The maximum absolute atomic E-state index is 12.0. The van der Waals surface area contributed by atoms with E-state index in [1.54, 1.807) is 0 Å². The zero-order valence-corrected chi connectivity index (χ0v) is 15.9. The fourth-order valence-corrected chi connectivity index (χ4v) is 3.47. The molecule has 0 aliphatic heterocycles. The van der Waals surface area contributed by atoms with Crippen molar-refractivity contribution in [1.82, 2.24) is 0 Å². The quantitative estimate of drug-likeness (QED) is 0.478. The fraction of sp³-hybridized carbons (Fsp3) is 0.182. The van der Waals surface area contributed by atoms with E-state index in [0.29, 0.717) is 0 Å². The Balaban J connectivity index is 1.46. The number of thioether (sulfide) groups is 1. The fourth-order valence-electron chi connectivity index (χ4n) is 2.72. The predicted molar refractivity (Wildman–Crippen MR) is 110 cm³/mol. The maximum Gasteiger partial charge on any atom is 0.316 e. The highest BCUT2D eigenvalue weighted by atomic mass is 32.2. The Bertz CT molecular complexity index is 955. The van der Waals surface area contributed by atoms with E-state index in [0.717, 1.165) is 33.3 Å². The molecule has 0 spiro atoms. The van der Waals surface area contributed by atoms with E-state index in [4.69, 9.17) is 4.74 Å². The third-order valence-corrected chi connectivity index (χ3v) is 5.08. The van der Waals surface area contributed by atoms with Crippen LogP contribution in [0.2, 0.25) is 0 Å². The molecule has 3 rings (SSSR count). The van der Waals surface area contributed by atoms with E-state index in [1.807, 2.05) is 73.7 Å². The molecule has 0 atom stereocenters. The molecule has 27 heavy (non-hydrogen) atoms. The number of carbonyl (C=O) groups excluding carboxylic acids is 2. The molecule has 138 valence electrons. The SMILES string of the molecule is CCc1ccccc1NC(=O)COC(=O)CSc1ccc2ccccc2c1. The normalized spacial score (nSPS) is 10.6. The lowest BCUT2D eigenvalue weighted by atomic mass is 10.1. The summed E-state index contributed by atoms with van der Waals surface area (Å²) in [4.78, 5) is 24.9. The van der Waals surface area contributed by atoms with E-state index in [9.17, 15) is 9.59 Å². The lowest BCUT2D eigenvalue weighted by Crippen LogP contribution is -2.22. The van der Waals surface area contributed by atoms with Gasteiger partial charge in [0.05, 0.1) is 5.75 Å². The van der Waals surface area contributed by atoms with Crippen LogP contribution in [0.15, 0.2) is 71.6 Å². The highest BCUT2D eigenvalue weighted by Crippen LogP contribution is 2.23. The zero-order chi connectivity index (χ0) is 19.1. The number of amides is 1. The summed E-state index contributed by atoms with van der Waals surface area (Å²) < 4.78 is 5.09. The Morgan fingerprint density at radius 1 is 0.963 bits per heavy atom. The first kappa shape index (κ1) is 19.0. The van der Waals surface area contributed by atoms with Crippen LogP contribution in [0.5, 0.6) is 0 Å². The standard InChI is InChI=1S/C22H21NO3S/c1-2-16-7-5-6-10-20(16)23-21(24)14-26-22(25)15-27-19-12-11-17-8-3-4-9-18(17)13-19/h3-13H,2,14-15H2,1H3,(H,23,24). The van der Waals surface area contributed by atoms with Crippen LogP contribution in [0.1, 0.15) is 12.5 Å². The molecule has 4 nitrogen and oxygen atoms in total. The number of para-hydroxylation sites is 1. The number of fused-ring (bicyclic) bond motifs is 1. The number of esters is 1. The largest absolute Gasteiger partial charge is 0.455 e. The molecule has 0 aliphatic carbocycles. The minimum Gasteiger partial charge on any atom is -0.455 e. The molecule has 0 saturated heterocycles. The molecule has 0 aliphatic rings. The number of benzene rings is 3. The average molecular weight is 379 g/mol. The Kier molecular flexibility index (Phi) is 6.49. The van der Waals surface area contributed by atoms with E-state index < -0.39 is 5.97 Å². The summed E-state index contributed by atoms with van der Waals surface area (Å²) in [5, 5.41) is 5.08. The van der Waals surface area contributed by atoms with Gasteiger partial charge in [-0.1, -0.05) is 55.5 Å². The second-order valence-corrected chi connectivity index (χ2v) is 7.07. The van der Waals surface area contributed by atoms with Gasteiger partial charge in [-0.3, -0.25) is 9.59 Å². The molecule has 1 amide bonds. The second-order valence-electron chi connectivity index (χ2n) is 6.02. The highest BCUT2D eigenvalue weighted by Gasteiger charge is 2.10.